The van der Waals surface area contributed by atoms with Gasteiger partial charge in [-0.3, -0.25) is 4.79 Å². The molecule has 0 aliphatic heterocycles. The second-order valence-corrected chi connectivity index (χ2v) is 4.65. The number of hydrogen-bond donors (Lipinski definition) is 2. The molecular formula is C14H14F3N3O. The molecule has 2 rings (SSSR count). The lowest BCUT2D eigenvalue weighted by Gasteiger charge is -2.09. The summed E-state index contributed by atoms with van der Waals surface area (Å²) in [6.45, 7) is 0.141. The third-order valence-corrected chi connectivity index (χ3v) is 2.99. The van der Waals surface area contributed by atoms with Crippen molar-refractivity contribution in [3.63, 3.8) is 0 Å². The molecule has 0 fully saturated rings. The van der Waals surface area contributed by atoms with Crippen molar-refractivity contribution < 1.29 is 18.0 Å². The summed E-state index contributed by atoms with van der Waals surface area (Å²) < 4.78 is 38.8. The zero-order valence-corrected chi connectivity index (χ0v) is 11.2. The summed E-state index contributed by atoms with van der Waals surface area (Å²) in [6, 6.07) is 6.18. The van der Waals surface area contributed by atoms with E-state index in [-0.39, 0.29) is 12.5 Å². The molecule has 0 aliphatic rings. The molecule has 0 spiro atoms. The van der Waals surface area contributed by atoms with E-state index in [4.69, 9.17) is 5.73 Å². The lowest BCUT2D eigenvalue weighted by Crippen LogP contribution is -2.24. The highest BCUT2D eigenvalue weighted by atomic mass is 19.4. The standard InChI is InChI=1S/C14H14F3N3O/c1-20-8-11(18)6-12(20)13(21)19-7-9-2-4-10(5-3-9)14(15,16)17/h2-6,8H,7,18H2,1H3,(H,19,21). The Morgan fingerprint density at radius 1 is 1.29 bits per heavy atom. The van der Waals surface area contributed by atoms with Gasteiger partial charge in [0.15, 0.2) is 0 Å². The second kappa shape index (κ2) is 5.51. The molecule has 21 heavy (non-hydrogen) atoms. The minimum absolute atomic E-state index is 0.141. The summed E-state index contributed by atoms with van der Waals surface area (Å²) in [5, 5.41) is 2.63. The third kappa shape index (κ3) is 3.56. The number of carbonyl (C=O) groups excluding carboxylic acids is 1. The highest BCUT2D eigenvalue weighted by Crippen LogP contribution is 2.29. The number of alkyl halides is 3. The summed E-state index contributed by atoms with van der Waals surface area (Å²) >= 11 is 0. The first-order valence-corrected chi connectivity index (χ1v) is 6.13. The number of anilines is 1. The minimum Gasteiger partial charge on any atom is -0.397 e. The third-order valence-electron chi connectivity index (χ3n) is 2.99. The zero-order valence-electron chi connectivity index (χ0n) is 11.2. The SMILES string of the molecule is Cn1cc(N)cc1C(=O)NCc1ccc(C(F)(F)F)cc1. The lowest BCUT2D eigenvalue weighted by molar-refractivity contribution is -0.137. The van der Waals surface area contributed by atoms with Crippen molar-refractivity contribution in [3.05, 3.63) is 53.3 Å². The van der Waals surface area contributed by atoms with Crippen molar-refractivity contribution in [2.45, 2.75) is 12.7 Å². The minimum atomic E-state index is -4.36. The molecule has 0 unspecified atom stereocenters. The molecule has 1 aromatic carbocycles. The van der Waals surface area contributed by atoms with Gasteiger partial charge in [-0.2, -0.15) is 13.2 Å². The van der Waals surface area contributed by atoms with Crippen molar-refractivity contribution in [1.29, 1.82) is 0 Å². The molecule has 0 aliphatic carbocycles. The van der Waals surface area contributed by atoms with Gasteiger partial charge in [0.1, 0.15) is 5.69 Å². The van der Waals surface area contributed by atoms with Gasteiger partial charge in [0.25, 0.3) is 5.91 Å². The summed E-state index contributed by atoms with van der Waals surface area (Å²) in [5.41, 5.74) is 6.30. The van der Waals surface area contributed by atoms with Gasteiger partial charge in [-0.15, -0.1) is 0 Å². The Kier molecular flexibility index (Phi) is 3.93. The molecule has 112 valence electrons. The van der Waals surface area contributed by atoms with Crippen LogP contribution in [0.1, 0.15) is 21.6 Å². The summed E-state index contributed by atoms with van der Waals surface area (Å²) in [7, 11) is 1.68. The van der Waals surface area contributed by atoms with E-state index >= 15 is 0 Å². The Bertz CT molecular complexity index is 644. The zero-order chi connectivity index (χ0) is 15.6. The number of nitrogen functional groups attached to an aromatic ring is 1. The highest BCUT2D eigenvalue weighted by Gasteiger charge is 2.29. The number of rotatable bonds is 3. The van der Waals surface area contributed by atoms with Gasteiger partial charge in [0.2, 0.25) is 0 Å². The van der Waals surface area contributed by atoms with Crippen LogP contribution in [0.3, 0.4) is 0 Å². The Balaban J connectivity index is 2.00. The molecule has 0 bridgehead atoms. The number of amides is 1. The molecule has 0 saturated carbocycles. The van der Waals surface area contributed by atoms with E-state index in [0.717, 1.165) is 12.1 Å². The van der Waals surface area contributed by atoms with Crippen molar-refractivity contribution >= 4 is 11.6 Å². The quantitative estimate of drug-likeness (QED) is 0.914. The largest absolute Gasteiger partial charge is 0.416 e. The van der Waals surface area contributed by atoms with Crippen LogP contribution in [0.4, 0.5) is 18.9 Å². The van der Waals surface area contributed by atoms with Crippen molar-refractivity contribution in [3.8, 4) is 0 Å². The number of aryl methyl sites for hydroxylation is 1. The van der Waals surface area contributed by atoms with Crippen LogP contribution < -0.4 is 11.1 Å². The molecule has 3 N–H and O–H groups in total. The van der Waals surface area contributed by atoms with E-state index in [1.807, 2.05) is 0 Å². The van der Waals surface area contributed by atoms with E-state index in [0.29, 0.717) is 16.9 Å². The van der Waals surface area contributed by atoms with Crippen LogP contribution in [-0.4, -0.2) is 10.5 Å². The average molecular weight is 297 g/mol. The number of halogens is 3. The summed E-state index contributed by atoms with van der Waals surface area (Å²) in [4.78, 5) is 11.9. The lowest BCUT2D eigenvalue weighted by atomic mass is 10.1. The molecule has 0 atom stereocenters. The molecule has 7 heteroatoms. The first-order valence-electron chi connectivity index (χ1n) is 6.13. The number of nitrogens with two attached hydrogens (primary N) is 1. The maximum Gasteiger partial charge on any atom is 0.416 e. The fourth-order valence-corrected chi connectivity index (χ4v) is 1.90. The van der Waals surface area contributed by atoms with Crippen molar-refractivity contribution in [2.24, 2.45) is 7.05 Å². The molecule has 1 aromatic heterocycles. The Hall–Kier alpha value is -2.44. The molecular weight excluding hydrogens is 283 g/mol. The predicted molar refractivity (Wildman–Crippen MR) is 72.4 cm³/mol. The smallest absolute Gasteiger partial charge is 0.397 e. The van der Waals surface area contributed by atoms with E-state index in [2.05, 4.69) is 5.32 Å². The van der Waals surface area contributed by atoms with Crippen LogP contribution >= 0.6 is 0 Å². The van der Waals surface area contributed by atoms with Gasteiger partial charge in [0.05, 0.1) is 11.3 Å². The van der Waals surface area contributed by atoms with Crippen LogP contribution in [-0.2, 0) is 19.8 Å². The van der Waals surface area contributed by atoms with Crippen LogP contribution in [0.15, 0.2) is 36.5 Å². The van der Waals surface area contributed by atoms with Crippen LogP contribution in [0.5, 0.6) is 0 Å². The van der Waals surface area contributed by atoms with Crippen LogP contribution in [0.2, 0.25) is 0 Å². The van der Waals surface area contributed by atoms with E-state index in [1.165, 1.54) is 18.2 Å². The Morgan fingerprint density at radius 3 is 2.38 bits per heavy atom. The molecule has 0 saturated heterocycles. The van der Waals surface area contributed by atoms with Gasteiger partial charge < -0.3 is 15.6 Å². The van der Waals surface area contributed by atoms with Crippen LogP contribution in [0, 0.1) is 0 Å². The highest BCUT2D eigenvalue weighted by molar-refractivity contribution is 5.93. The molecule has 4 nitrogen and oxygen atoms in total. The molecule has 1 amide bonds. The number of carbonyl (C=O) groups is 1. The Labute approximate surface area is 119 Å². The number of aromatic nitrogens is 1. The first kappa shape index (κ1) is 15.0. The Morgan fingerprint density at radius 2 is 1.90 bits per heavy atom. The molecule has 1 heterocycles. The van der Waals surface area contributed by atoms with Crippen LogP contribution in [0.25, 0.3) is 0 Å². The van der Waals surface area contributed by atoms with Crippen molar-refractivity contribution in [2.75, 3.05) is 5.73 Å². The van der Waals surface area contributed by atoms with Crippen molar-refractivity contribution in [1.82, 2.24) is 9.88 Å². The van der Waals surface area contributed by atoms with E-state index < -0.39 is 11.7 Å². The van der Waals surface area contributed by atoms with Gasteiger partial charge in [0, 0.05) is 19.8 Å². The van der Waals surface area contributed by atoms with E-state index in [9.17, 15) is 18.0 Å². The fourth-order valence-electron chi connectivity index (χ4n) is 1.90. The summed E-state index contributed by atoms with van der Waals surface area (Å²) in [6.07, 6.45) is -2.75. The topological polar surface area (TPSA) is 60.0 Å². The maximum absolute atomic E-state index is 12.4. The number of nitrogens with zero attached hydrogens (tertiary/aromatic N) is 1. The van der Waals surface area contributed by atoms with Gasteiger partial charge in [-0.25, -0.2) is 0 Å². The first-order chi connectivity index (χ1) is 9.77. The average Bonchev–Trinajstić information content (AvgIpc) is 2.74. The van der Waals surface area contributed by atoms with Gasteiger partial charge in [-0.1, -0.05) is 12.1 Å². The predicted octanol–water partition coefficient (Wildman–Crippen LogP) is 2.56. The normalized spacial score (nSPS) is 11.4. The van der Waals surface area contributed by atoms with Gasteiger partial charge in [-0.05, 0) is 23.8 Å². The monoisotopic (exact) mass is 297 g/mol. The number of benzene rings is 1. The number of hydrogen-bond acceptors (Lipinski definition) is 2. The van der Waals surface area contributed by atoms with E-state index in [1.54, 1.807) is 17.8 Å². The molecule has 0 radical (unpaired) electrons. The number of nitrogens with one attached hydrogen (secondary N) is 1. The van der Waals surface area contributed by atoms with Gasteiger partial charge >= 0.3 is 6.18 Å². The summed E-state index contributed by atoms with van der Waals surface area (Å²) in [5.74, 6) is -0.339. The maximum atomic E-state index is 12.4. The molecule has 2 aromatic rings. The fraction of sp³-hybridized carbons (Fsp3) is 0.214. The second-order valence-electron chi connectivity index (χ2n) is 4.65.